The van der Waals surface area contributed by atoms with E-state index in [1.165, 1.54) is 0 Å². The molecule has 1 aromatic heterocycles. The van der Waals surface area contributed by atoms with Crippen LogP contribution in [0.4, 0.5) is 0 Å². The highest BCUT2D eigenvalue weighted by molar-refractivity contribution is 5.80. The lowest BCUT2D eigenvalue weighted by atomic mass is 10.1. The van der Waals surface area contributed by atoms with Crippen molar-refractivity contribution in [3.63, 3.8) is 0 Å². The van der Waals surface area contributed by atoms with Gasteiger partial charge in [0, 0.05) is 38.4 Å². The quantitative estimate of drug-likeness (QED) is 0.437. The SMILES string of the molecule is CCNC(=NCCCN(CC)CC)N1CCOC(c2cnn(C)c2)C1. The van der Waals surface area contributed by atoms with E-state index in [4.69, 9.17) is 9.73 Å². The Morgan fingerprint density at radius 3 is 2.84 bits per heavy atom. The van der Waals surface area contributed by atoms with Crippen LogP contribution in [0.15, 0.2) is 17.4 Å². The first kappa shape index (κ1) is 19.7. The fourth-order valence-electron chi connectivity index (χ4n) is 3.09. The minimum atomic E-state index is 0.0574. The topological polar surface area (TPSA) is 57.9 Å². The minimum Gasteiger partial charge on any atom is -0.370 e. The van der Waals surface area contributed by atoms with Crippen molar-refractivity contribution < 1.29 is 4.74 Å². The van der Waals surface area contributed by atoms with E-state index in [-0.39, 0.29) is 6.10 Å². The third-order valence-electron chi connectivity index (χ3n) is 4.59. The van der Waals surface area contributed by atoms with Crippen molar-refractivity contribution in [1.29, 1.82) is 0 Å². The Labute approximate surface area is 152 Å². The molecule has 0 amide bonds. The molecule has 2 heterocycles. The van der Waals surface area contributed by atoms with Crippen molar-refractivity contribution in [2.24, 2.45) is 12.0 Å². The zero-order valence-corrected chi connectivity index (χ0v) is 16.2. The van der Waals surface area contributed by atoms with Gasteiger partial charge in [-0.2, -0.15) is 5.10 Å². The van der Waals surface area contributed by atoms with Crippen molar-refractivity contribution >= 4 is 5.96 Å². The molecular weight excluding hydrogens is 316 g/mol. The largest absolute Gasteiger partial charge is 0.370 e. The van der Waals surface area contributed by atoms with Gasteiger partial charge in [-0.3, -0.25) is 9.67 Å². The van der Waals surface area contributed by atoms with E-state index in [1.807, 2.05) is 24.1 Å². The molecule has 1 N–H and O–H groups in total. The average Bonchev–Trinajstić information content (AvgIpc) is 3.07. The maximum atomic E-state index is 5.94. The summed E-state index contributed by atoms with van der Waals surface area (Å²) in [5.41, 5.74) is 1.13. The maximum Gasteiger partial charge on any atom is 0.194 e. The fourth-order valence-corrected chi connectivity index (χ4v) is 3.09. The lowest BCUT2D eigenvalue weighted by Gasteiger charge is -2.34. The summed E-state index contributed by atoms with van der Waals surface area (Å²) in [6, 6.07) is 0. The van der Waals surface area contributed by atoms with Crippen LogP contribution in [0.2, 0.25) is 0 Å². The Kier molecular flexibility index (Phi) is 8.21. The van der Waals surface area contributed by atoms with Gasteiger partial charge in [-0.1, -0.05) is 13.8 Å². The monoisotopic (exact) mass is 350 g/mol. The molecule has 1 unspecified atom stereocenters. The summed E-state index contributed by atoms with van der Waals surface area (Å²) in [4.78, 5) is 9.59. The molecule has 7 heteroatoms. The summed E-state index contributed by atoms with van der Waals surface area (Å²) in [6.07, 6.45) is 5.07. The van der Waals surface area contributed by atoms with Crippen LogP contribution in [0.3, 0.4) is 0 Å². The van der Waals surface area contributed by atoms with Gasteiger partial charge >= 0.3 is 0 Å². The van der Waals surface area contributed by atoms with Gasteiger partial charge in [0.05, 0.1) is 19.3 Å². The molecule has 0 radical (unpaired) electrons. The molecule has 0 bridgehead atoms. The zero-order chi connectivity index (χ0) is 18.1. The second kappa shape index (κ2) is 10.4. The standard InChI is InChI=1S/C18H34N6O/c1-5-19-18(20-9-8-10-23(6-2)7-3)24-11-12-25-17(15-24)16-13-21-22(4)14-16/h13-14,17H,5-12,15H2,1-4H3,(H,19,20). The van der Waals surface area contributed by atoms with Gasteiger partial charge in [-0.15, -0.1) is 0 Å². The molecule has 1 fully saturated rings. The summed E-state index contributed by atoms with van der Waals surface area (Å²) in [5.74, 6) is 0.999. The van der Waals surface area contributed by atoms with E-state index in [0.29, 0.717) is 6.61 Å². The molecule has 7 nitrogen and oxygen atoms in total. The van der Waals surface area contributed by atoms with Crippen molar-refractivity contribution in [2.75, 3.05) is 52.4 Å². The molecular formula is C18H34N6O. The molecule has 1 aliphatic heterocycles. The van der Waals surface area contributed by atoms with Gasteiger partial charge in [0.25, 0.3) is 0 Å². The van der Waals surface area contributed by atoms with Crippen LogP contribution in [-0.2, 0) is 11.8 Å². The number of aromatic nitrogens is 2. The van der Waals surface area contributed by atoms with E-state index in [0.717, 1.165) is 63.8 Å². The van der Waals surface area contributed by atoms with Gasteiger partial charge in [-0.25, -0.2) is 0 Å². The normalized spacial score (nSPS) is 18.8. The Bertz CT molecular complexity index is 525. The van der Waals surface area contributed by atoms with Gasteiger partial charge in [-0.05, 0) is 33.0 Å². The lowest BCUT2D eigenvalue weighted by Crippen LogP contribution is -2.48. The van der Waals surface area contributed by atoms with Crippen LogP contribution in [-0.4, -0.2) is 78.0 Å². The number of hydrogen-bond donors (Lipinski definition) is 1. The molecule has 2 rings (SSSR count). The summed E-state index contributed by atoms with van der Waals surface area (Å²) < 4.78 is 7.76. The molecule has 1 atom stereocenters. The molecule has 0 saturated carbocycles. The number of ether oxygens (including phenoxy) is 1. The van der Waals surface area contributed by atoms with E-state index in [1.54, 1.807) is 0 Å². The van der Waals surface area contributed by atoms with Gasteiger partial charge in [0.15, 0.2) is 5.96 Å². The number of hydrogen-bond acceptors (Lipinski definition) is 4. The van der Waals surface area contributed by atoms with Crippen molar-refractivity contribution in [1.82, 2.24) is 24.9 Å². The second-order valence-corrected chi connectivity index (χ2v) is 6.37. The first-order valence-electron chi connectivity index (χ1n) is 9.53. The molecule has 0 aliphatic carbocycles. The third-order valence-corrected chi connectivity index (χ3v) is 4.59. The Balaban J connectivity index is 1.92. The number of rotatable bonds is 8. The average molecular weight is 351 g/mol. The number of nitrogens with zero attached hydrogens (tertiary/aromatic N) is 5. The van der Waals surface area contributed by atoms with E-state index >= 15 is 0 Å². The molecule has 1 aliphatic rings. The number of guanidine groups is 1. The first-order chi connectivity index (χ1) is 12.2. The van der Waals surface area contributed by atoms with Crippen LogP contribution in [0.5, 0.6) is 0 Å². The van der Waals surface area contributed by atoms with Crippen LogP contribution in [0, 0.1) is 0 Å². The Morgan fingerprint density at radius 1 is 1.40 bits per heavy atom. The van der Waals surface area contributed by atoms with E-state index in [2.05, 4.69) is 41.0 Å². The minimum absolute atomic E-state index is 0.0574. The smallest absolute Gasteiger partial charge is 0.194 e. The predicted octanol–water partition coefficient (Wildman–Crippen LogP) is 1.49. The number of aryl methyl sites for hydroxylation is 1. The van der Waals surface area contributed by atoms with E-state index in [9.17, 15) is 0 Å². The van der Waals surface area contributed by atoms with E-state index < -0.39 is 0 Å². The molecule has 1 saturated heterocycles. The second-order valence-electron chi connectivity index (χ2n) is 6.37. The summed E-state index contributed by atoms with van der Waals surface area (Å²) >= 11 is 0. The van der Waals surface area contributed by atoms with Crippen molar-refractivity contribution in [3.8, 4) is 0 Å². The summed E-state index contributed by atoms with van der Waals surface area (Å²) in [6.45, 7) is 14.0. The molecule has 142 valence electrons. The predicted molar refractivity (Wildman–Crippen MR) is 102 cm³/mol. The van der Waals surface area contributed by atoms with Gasteiger partial charge < -0.3 is 19.9 Å². The molecule has 0 aromatic carbocycles. The number of nitrogens with one attached hydrogen (secondary N) is 1. The van der Waals surface area contributed by atoms with Crippen molar-refractivity contribution in [3.05, 3.63) is 18.0 Å². The fraction of sp³-hybridized carbons (Fsp3) is 0.778. The number of morpholine rings is 1. The molecule has 25 heavy (non-hydrogen) atoms. The zero-order valence-electron chi connectivity index (χ0n) is 16.2. The summed E-state index contributed by atoms with van der Waals surface area (Å²) in [5, 5.41) is 7.69. The highest BCUT2D eigenvalue weighted by Crippen LogP contribution is 2.21. The van der Waals surface area contributed by atoms with Crippen LogP contribution >= 0.6 is 0 Å². The van der Waals surface area contributed by atoms with Crippen LogP contribution in [0.1, 0.15) is 38.9 Å². The highest BCUT2D eigenvalue weighted by Gasteiger charge is 2.25. The maximum absolute atomic E-state index is 5.94. The van der Waals surface area contributed by atoms with Gasteiger partial charge in [0.2, 0.25) is 0 Å². The third kappa shape index (κ3) is 6.01. The Morgan fingerprint density at radius 2 is 2.20 bits per heavy atom. The van der Waals surface area contributed by atoms with Crippen LogP contribution in [0.25, 0.3) is 0 Å². The lowest BCUT2D eigenvalue weighted by molar-refractivity contribution is -0.00804. The number of aliphatic imine (C=N–C) groups is 1. The van der Waals surface area contributed by atoms with Crippen molar-refractivity contribution in [2.45, 2.75) is 33.3 Å². The first-order valence-corrected chi connectivity index (χ1v) is 9.53. The van der Waals surface area contributed by atoms with Crippen LogP contribution < -0.4 is 5.32 Å². The molecule has 0 spiro atoms. The summed E-state index contributed by atoms with van der Waals surface area (Å²) in [7, 11) is 1.94. The molecule has 1 aromatic rings. The Hall–Kier alpha value is -1.60. The highest BCUT2D eigenvalue weighted by atomic mass is 16.5. The van der Waals surface area contributed by atoms with Gasteiger partial charge in [0.1, 0.15) is 6.10 Å².